The Morgan fingerprint density at radius 1 is 1.06 bits per heavy atom. The summed E-state index contributed by atoms with van der Waals surface area (Å²) in [6, 6.07) is 4.06. The molecule has 1 fully saturated rings. The van der Waals surface area contributed by atoms with E-state index in [-0.39, 0.29) is 5.78 Å². The minimum atomic E-state index is 0.239. The Morgan fingerprint density at radius 3 is 2.56 bits per heavy atom. The number of hydrogen-bond acceptors (Lipinski definition) is 5. The lowest BCUT2D eigenvalue weighted by molar-refractivity contribution is 0.0503. The van der Waals surface area contributed by atoms with Crippen molar-refractivity contribution in [2.75, 3.05) is 45.2 Å². The van der Waals surface area contributed by atoms with Gasteiger partial charge in [-0.2, -0.15) is 0 Å². The number of aromatic nitrogens is 2. The third-order valence-electron chi connectivity index (χ3n) is 6.37. The van der Waals surface area contributed by atoms with Gasteiger partial charge in [-0.1, -0.05) is 30.4 Å². The van der Waals surface area contributed by atoms with Crippen molar-refractivity contribution in [2.45, 2.75) is 39.2 Å². The molecule has 0 atom stereocenters. The number of allylic oxidation sites excluding steroid dienone is 6. The monoisotopic (exact) mass is 460 g/mol. The summed E-state index contributed by atoms with van der Waals surface area (Å²) in [7, 11) is 2.11. The summed E-state index contributed by atoms with van der Waals surface area (Å²) in [5.74, 6) is 1.29. The molecule has 0 bridgehead atoms. The maximum atomic E-state index is 13.0. The molecular formula is C28H36N4O2. The van der Waals surface area contributed by atoms with Crippen molar-refractivity contribution in [1.29, 1.82) is 0 Å². The number of nitrogens with zero attached hydrogens (tertiary/aromatic N) is 3. The highest BCUT2D eigenvalue weighted by molar-refractivity contribution is 6.07. The van der Waals surface area contributed by atoms with E-state index in [4.69, 9.17) is 4.74 Å². The van der Waals surface area contributed by atoms with Gasteiger partial charge < -0.3 is 19.5 Å². The van der Waals surface area contributed by atoms with Crippen molar-refractivity contribution in [3.8, 4) is 11.1 Å². The minimum absolute atomic E-state index is 0.239. The second-order valence-corrected chi connectivity index (χ2v) is 8.83. The van der Waals surface area contributed by atoms with Crippen LogP contribution in [0, 0.1) is 0 Å². The highest BCUT2D eigenvalue weighted by Crippen LogP contribution is 2.43. The van der Waals surface area contributed by atoms with Crippen molar-refractivity contribution < 1.29 is 9.53 Å². The Kier molecular flexibility index (Phi) is 8.50. The number of morpholine rings is 1. The smallest absolute Gasteiger partial charge is 0.179 e. The first-order chi connectivity index (χ1) is 16.7. The number of anilines is 1. The zero-order valence-electron chi connectivity index (χ0n) is 20.4. The van der Waals surface area contributed by atoms with Crippen LogP contribution < -0.4 is 5.32 Å². The zero-order valence-corrected chi connectivity index (χ0v) is 20.4. The van der Waals surface area contributed by atoms with E-state index in [1.165, 1.54) is 0 Å². The first-order valence-corrected chi connectivity index (χ1v) is 12.4. The molecule has 0 spiro atoms. The lowest BCUT2D eigenvalue weighted by Gasteiger charge is -2.21. The maximum Gasteiger partial charge on any atom is 0.179 e. The number of carbonyl (C=O) groups excluding carboxylic acids is 1. The van der Waals surface area contributed by atoms with Gasteiger partial charge in [0.2, 0.25) is 0 Å². The van der Waals surface area contributed by atoms with Crippen LogP contribution in [0.15, 0.2) is 54.9 Å². The summed E-state index contributed by atoms with van der Waals surface area (Å²) in [5, 5.41) is 3.54. The van der Waals surface area contributed by atoms with E-state index in [9.17, 15) is 4.79 Å². The van der Waals surface area contributed by atoms with Crippen molar-refractivity contribution in [3.05, 3.63) is 66.2 Å². The van der Waals surface area contributed by atoms with E-state index < -0.39 is 0 Å². The number of Topliss-reactive ketones (excluding diaryl/α,β-unsaturated/α-hetero) is 1. The van der Waals surface area contributed by atoms with E-state index in [1.54, 1.807) is 0 Å². The Bertz CT molecular complexity index is 1060. The Balaban J connectivity index is 0.000000336. The van der Waals surface area contributed by atoms with Crippen molar-refractivity contribution >= 4 is 17.2 Å². The molecule has 3 aliphatic rings. The predicted molar refractivity (Wildman–Crippen MR) is 139 cm³/mol. The summed E-state index contributed by atoms with van der Waals surface area (Å²) in [5.41, 5.74) is 5.26. The SMILES string of the molecule is CCNc1c(-c2ccncc2)c(C2=C/CC/C=C/C=C\2)c2n1CCCC2=O.CN1CCOCC1. The first-order valence-electron chi connectivity index (χ1n) is 12.4. The van der Waals surface area contributed by atoms with Crippen LogP contribution in [0.25, 0.3) is 16.7 Å². The molecule has 34 heavy (non-hydrogen) atoms. The molecule has 0 radical (unpaired) electrons. The summed E-state index contributed by atoms with van der Waals surface area (Å²) >= 11 is 0. The molecule has 5 rings (SSSR count). The normalized spacial score (nSPS) is 21.7. The summed E-state index contributed by atoms with van der Waals surface area (Å²) in [6.45, 7) is 7.80. The van der Waals surface area contributed by atoms with Gasteiger partial charge >= 0.3 is 0 Å². The number of ketones is 1. The molecule has 1 saturated heterocycles. The van der Waals surface area contributed by atoms with E-state index in [2.05, 4.69) is 64.1 Å². The molecule has 2 aliphatic heterocycles. The Morgan fingerprint density at radius 2 is 1.85 bits per heavy atom. The van der Waals surface area contributed by atoms with Crippen LogP contribution in [0.3, 0.4) is 0 Å². The van der Waals surface area contributed by atoms with Crippen LogP contribution >= 0.6 is 0 Å². The van der Waals surface area contributed by atoms with Crippen LogP contribution in [-0.2, 0) is 11.3 Å². The average molecular weight is 461 g/mol. The molecule has 0 unspecified atom stereocenters. The number of hydrogen-bond donors (Lipinski definition) is 1. The van der Waals surface area contributed by atoms with E-state index >= 15 is 0 Å². The average Bonchev–Trinajstić information content (AvgIpc) is 3.16. The van der Waals surface area contributed by atoms with Gasteiger partial charge in [-0.05, 0) is 56.5 Å². The van der Waals surface area contributed by atoms with Gasteiger partial charge in [-0.25, -0.2) is 0 Å². The maximum absolute atomic E-state index is 13.0. The first kappa shape index (κ1) is 24.2. The van der Waals surface area contributed by atoms with Crippen LogP contribution in [0.5, 0.6) is 0 Å². The number of pyridine rings is 1. The number of carbonyl (C=O) groups is 1. The molecule has 6 heteroatoms. The number of ether oxygens (including phenoxy) is 1. The predicted octanol–water partition coefficient (Wildman–Crippen LogP) is 5.20. The number of fused-ring (bicyclic) bond motifs is 1. The van der Waals surface area contributed by atoms with Crippen molar-refractivity contribution in [2.24, 2.45) is 0 Å². The van der Waals surface area contributed by atoms with Crippen molar-refractivity contribution in [3.63, 3.8) is 0 Å². The van der Waals surface area contributed by atoms with Crippen LogP contribution in [0.1, 0.15) is 48.7 Å². The zero-order chi connectivity index (χ0) is 23.8. The fourth-order valence-electron chi connectivity index (χ4n) is 4.66. The number of likely N-dealkylation sites (N-methyl/N-ethyl adjacent to an activating group) is 1. The fourth-order valence-corrected chi connectivity index (χ4v) is 4.66. The van der Waals surface area contributed by atoms with Crippen LogP contribution in [-0.4, -0.2) is 60.1 Å². The molecule has 2 aromatic heterocycles. The lowest BCUT2D eigenvalue weighted by atomic mass is 9.92. The molecule has 1 N–H and O–H groups in total. The van der Waals surface area contributed by atoms with Crippen LogP contribution in [0.2, 0.25) is 0 Å². The van der Waals surface area contributed by atoms with E-state index in [0.717, 1.165) is 92.4 Å². The van der Waals surface area contributed by atoms with Gasteiger partial charge in [-0.3, -0.25) is 9.78 Å². The highest BCUT2D eigenvalue weighted by atomic mass is 16.5. The van der Waals surface area contributed by atoms with Gasteiger partial charge in [0.25, 0.3) is 0 Å². The van der Waals surface area contributed by atoms with Gasteiger partial charge in [0, 0.05) is 56.1 Å². The standard InChI is InChI=1S/C23H25N3O.C5H11NO/c1-2-25-23-21(18-12-14-24-15-13-18)20(17-9-6-4-3-5-7-10-17)22-19(27)11-8-16-26(22)23;1-6-2-4-7-5-3-6/h3-4,6,9-10,12-15,25H,2,5,7-8,11,16H2,1H3;2-5H2,1H3/b4-3+,9-6-,17-10+;. The topological polar surface area (TPSA) is 59.4 Å². The highest BCUT2D eigenvalue weighted by Gasteiger charge is 2.31. The largest absolute Gasteiger partial charge is 0.379 e. The van der Waals surface area contributed by atoms with Gasteiger partial charge in [0.15, 0.2) is 5.78 Å². The minimum Gasteiger partial charge on any atom is -0.379 e. The third-order valence-corrected chi connectivity index (χ3v) is 6.37. The van der Waals surface area contributed by atoms with Crippen molar-refractivity contribution in [1.82, 2.24) is 14.5 Å². The quantitative estimate of drug-likeness (QED) is 0.680. The van der Waals surface area contributed by atoms with E-state index in [1.807, 2.05) is 24.5 Å². The van der Waals surface area contributed by atoms with Gasteiger partial charge in [-0.15, -0.1) is 0 Å². The molecular weight excluding hydrogens is 424 g/mol. The van der Waals surface area contributed by atoms with Gasteiger partial charge in [0.1, 0.15) is 5.82 Å². The van der Waals surface area contributed by atoms with E-state index in [0.29, 0.717) is 6.42 Å². The number of nitrogens with one attached hydrogen (secondary N) is 1. The summed E-state index contributed by atoms with van der Waals surface area (Å²) in [4.78, 5) is 19.4. The molecule has 2 aromatic rings. The Labute approximate surface area is 203 Å². The number of rotatable bonds is 4. The second kappa shape index (κ2) is 12.0. The fraction of sp³-hybridized carbons (Fsp3) is 0.429. The summed E-state index contributed by atoms with van der Waals surface area (Å²) < 4.78 is 7.30. The summed E-state index contributed by atoms with van der Waals surface area (Å²) in [6.07, 6.45) is 17.9. The second-order valence-electron chi connectivity index (χ2n) is 8.83. The molecule has 6 nitrogen and oxygen atoms in total. The van der Waals surface area contributed by atoms with Gasteiger partial charge in [0.05, 0.1) is 18.9 Å². The third kappa shape index (κ3) is 5.57. The molecule has 0 saturated carbocycles. The lowest BCUT2D eigenvalue weighted by Crippen LogP contribution is -2.32. The molecule has 0 aromatic carbocycles. The molecule has 180 valence electrons. The van der Waals surface area contributed by atoms with Crippen LogP contribution in [0.4, 0.5) is 5.82 Å². The molecule has 1 aliphatic carbocycles. The molecule has 0 amide bonds. The molecule has 4 heterocycles. The Hall–Kier alpha value is -2.96.